The molecule has 0 unspecified atom stereocenters. The van der Waals surface area contributed by atoms with E-state index in [2.05, 4.69) is 10.6 Å². The van der Waals surface area contributed by atoms with Crippen molar-refractivity contribution in [3.05, 3.63) is 89.0 Å². The van der Waals surface area contributed by atoms with E-state index in [0.29, 0.717) is 47.9 Å². The summed E-state index contributed by atoms with van der Waals surface area (Å²) in [6.45, 7) is 2.71. The minimum absolute atomic E-state index is 0.214. The molecule has 3 aromatic rings. The van der Waals surface area contributed by atoms with Crippen molar-refractivity contribution in [2.75, 3.05) is 19.0 Å². The standard InChI is InChI=1S/C27H27N3O4/c1-19-9-11-20(12-10-19)18-29-27(32)22-6-3-4-7-23(22)30-26(31)8-5-15-34-24-14-13-21(17-28)16-25(24)33-2/h3-4,6-7,9-14,16H,5,8,15,18H2,1-2H3,(H,29,32)(H,30,31). The van der Waals surface area contributed by atoms with Gasteiger partial charge in [0.1, 0.15) is 0 Å². The number of para-hydroxylation sites is 1. The van der Waals surface area contributed by atoms with E-state index in [-0.39, 0.29) is 18.2 Å². The van der Waals surface area contributed by atoms with Crippen molar-refractivity contribution in [2.45, 2.75) is 26.3 Å². The summed E-state index contributed by atoms with van der Waals surface area (Å²) in [5.41, 5.74) is 3.50. The monoisotopic (exact) mass is 457 g/mol. The molecule has 0 atom stereocenters. The quantitative estimate of drug-likeness (QED) is 0.433. The molecule has 34 heavy (non-hydrogen) atoms. The predicted molar refractivity (Wildman–Crippen MR) is 130 cm³/mol. The summed E-state index contributed by atoms with van der Waals surface area (Å²) in [6, 6.07) is 21.8. The summed E-state index contributed by atoms with van der Waals surface area (Å²) in [4.78, 5) is 25.2. The Morgan fingerprint density at radius 2 is 1.76 bits per heavy atom. The van der Waals surface area contributed by atoms with Gasteiger partial charge in [-0.2, -0.15) is 5.26 Å². The van der Waals surface area contributed by atoms with Crippen LogP contribution in [0.25, 0.3) is 0 Å². The SMILES string of the molecule is COc1cc(C#N)ccc1OCCCC(=O)Nc1ccccc1C(=O)NCc1ccc(C)cc1. The third-order valence-electron chi connectivity index (χ3n) is 5.12. The molecule has 2 amide bonds. The molecule has 2 N–H and O–H groups in total. The Hall–Kier alpha value is -4.31. The van der Waals surface area contributed by atoms with Crippen LogP contribution >= 0.6 is 0 Å². The molecule has 0 aliphatic heterocycles. The summed E-state index contributed by atoms with van der Waals surface area (Å²) < 4.78 is 10.9. The van der Waals surface area contributed by atoms with E-state index >= 15 is 0 Å². The molecule has 0 aliphatic rings. The van der Waals surface area contributed by atoms with E-state index in [9.17, 15) is 9.59 Å². The van der Waals surface area contributed by atoms with Crippen LogP contribution < -0.4 is 20.1 Å². The van der Waals surface area contributed by atoms with Crippen molar-refractivity contribution in [1.29, 1.82) is 5.26 Å². The highest BCUT2D eigenvalue weighted by Crippen LogP contribution is 2.28. The highest BCUT2D eigenvalue weighted by Gasteiger charge is 2.13. The highest BCUT2D eigenvalue weighted by atomic mass is 16.5. The van der Waals surface area contributed by atoms with Gasteiger partial charge in [0.2, 0.25) is 5.91 Å². The summed E-state index contributed by atoms with van der Waals surface area (Å²) in [5, 5.41) is 14.7. The van der Waals surface area contributed by atoms with Crippen molar-refractivity contribution in [1.82, 2.24) is 5.32 Å². The number of carbonyl (C=O) groups excluding carboxylic acids is 2. The number of amides is 2. The Morgan fingerprint density at radius 1 is 1.00 bits per heavy atom. The first-order chi connectivity index (χ1) is 16.5. The second-order valence-electron chi connectivity index (χ2n) is 7.69. The number of nitrogens with zero attached hydrogens (tertiary/aromatic N) is 1. The van der Waals surface area contributed by atoms with Gasteiger partial charge in [-0.15, -0.1) is 0 Å². The Kier molecular flexibility index (Phi) is 8.64. The molecule has 0 spiro atoms. The van der Waals surface area contributed by atoms with E-state index in [4.69, 9.17) is 14.7 Å². The number of methoxy groups -OCH3 is 1. The Balaban J connectivity index is 1.50. The molecule has 3 rings (SSSR count). The van der Waals surface area contributed by atoms with Crippen molar-refractivity contribution in [3.8, 4) is 17.6 Å². The maximum absolute atomic E-state index is 12.7. The number of rotatable bonds is 10. The number of hydrogen-bond acceptors (Lipinski definition) is 5. The maximum Gasteiger partial charge on any atom is 0.253 e. The van der Waals surface area contributed by atoms with Gasteiger partial charge in [-0.05, 0) is 43.2 Å². The molecule has 0 saturated heterocycles. The minimum atomic E-state index is -0.257. The zero-order chi connectivity index (χ0) is 24.3. The van der Waals surface area contributed by atoms with Gasteiger partial charge in [0.05, 0.1) is 36.6 Å². The van der Waals surface area contributed by atoms with Crippen molar-refractivity contribution in [3.63, 3.8) is 0 Å². The number of aryl methyl sites for hydroxylation is 1. The van der Waals surface area contributed by atoms with Crippen LogP contribution in [-0.4, -0.2) is 25.5 Å². The van der Waals surface area contributed by atoms with E-state index in [1.54, 1.807) is 42.5 Å². The second kappa shape index (κ2) is 12.1. The molecule has 7 heteroatoms. The van der Waals surface area contributed by atoms with Gasteiger partial charge >= 0.3 is 0 Å². The van der Waals surface area contributed by atoms with E-state index in [0.717, 1.165) is 11.1 Å². The lowest BCUT2D eigenvalue weighted by Crippen LogP contribution is -2.25. The molecule has 0 aromatic heterocycles. The molecule has 174 valence electrons. The molecular formula is C27H27N3O4. The maximum atomic E-state index is 12.7. The van der Waals surface area contributed by atoms with E-state index < -0.39 is 0 Å². The van der Waals surface area contributed by atoms with Crippen LogP contribution in [0, 0.1) is 18.3 Å². The van der Waals surface area contributed by atoms with Gasteiger partial charge in [0, 0.05) is 19.0 Å². The van der Waals surface area contributed by atoms with Gasteiger partial charge in [0.15, 0.2) is 11.5 Å². The molecule has 0 bridgehead atoms. The lowest BCUT2D eigenvalue weighted by atomic mass is 10.1. The summed E-state index contributed by atoms with van der Waals surface area (Å²) in [6.07, 6.45) is 0.689. The predicted octanol–water partition coefficient (Wildman–Crippen LogP) is 4.60. The number of nitriles is 1. The number of anilines is 1. The normalized spacial score (nSPS) is 10.1. The molecule has 0 aliphatic carbocycles. The topological polar surface area (TPSA) is 100 Å². The smallest absolute Gasteiger partial charge is 0.253 e. The van der Waals surface area contributed by atoms with Gasteiger partial charge in [-0.3, -0.25) is 9.59 Å². The summed E-state index contributed by atoms with van der Waals surface area (Å²) >= 11 is 0. The fourth-order valence-corrected chi connectivity index (χ4v) is 3.26. The van der Waals surface area contributed by atoms with E-state index in [1.807, 2.05) is 37.3 Å². The number of ether oxygens (including phenoxy) is 2. The number of nitrogens with one attached hydrogen (secondary N) is 2. The Morgan fingerprint density at radius 3 is 2.50 bits per heavy atom. The molecule has 0 saturated carbocycles. The number of hydrogen-bond donors (Lipinski definition) is 2. The largest absolute Gasteiger partial charge is 0.493 e. The zero-order valence-electron chi connectivity index (χ0n) is 19.3. The van der Waals surface area contributed by atoms with Crippen LogP contribution in [0.3, 0.4) is 0 Å². The van der Waals surface area contributed by atoms with Crippen LogP contribution in [0.1, 0.15) is 39.9 Å². The van der Waals surface area contributed by atoms with Gasteiger partial charge in [-0.1, -0.05) is 42.0 Å². The van der Waals surface area contributed by atoms with Crippen molar-refractivity contribution in [2.24, 2.45) is 0 Å². The molecule has 0 heterocycles. The average molecular weight is 458 g/mol. The van der Waals surface area contributed by atoms with Gasteiger partial charge in [0.25, 0.3) is 5.91 Å². The first-order valence-corrected chi connectivity index (χ1v) is 10.9. The van der Waals surface area contributed by atoms with E-state index in [1.165, 1.54) is 7.11 Å². The second-order valence-corrected chi connectivity index (χ2v) is 7.69. The molecule has 0 fully saturated rings. The third-order valence-corrected chi connectivity index (χ3v) is 5.12. The van der Waals surface area contributed by atoms with Crippen LogP contribution in [0.4, 0.5) is 5.69 Å². The summed E-state index contributed by atoms with van der Waals surface area (Å²) in [5.74, 6) is 0.508. The first-order valence-electron chi connectivity index (χ1n) is 10.9. The van der Waals surface area contributed by atoms with Crippen molar-refractivity contribution >= 4 is 17.5 Å². The highest BCUT2D eigenvalue weighted by molar-refractivity contribution is 6.03. The molecule has 0 radical (unpaired) electrons. The van der Waals surface area contributed by atoms with Gasteiger partial charge < -0.3 is 20.1 Å². The van der Waals surface area contributed by atoms with Crippen LogP contribution in [-0.2, 0) is 11.3 Å². The molecule has 3 aromatic carbocycles. The van der Waals surface area contributed by atoms with Crippen LogP contribution in [0.5, 0.6) is 11.5 Å². The molecule has 7 nitrogen and oxygen atoms in total. The fraction of sp³-hybridized carbons (Fsp3) is 0.222. The molecular weight excluding hydrogens is 430 g/mol. The number of carbonyl (C=O) groups is 2. The van der Waals surface area contributed by atoms with Crippen molar-refractivity contribution < 1.29 is 19.1 Å². The average Bonchev–Trinajstić information content (AvgIpc) is 2.86. The van der Waals surface area contributed by atoms with Gasteiger partial charge in [-0.25, -0.2) is 0 Å². The Bertz CT molecular complexity index is 1180. The zero-order valence-corrected chi connectivity index (χ0v) is 19.3. The minimum Gasteiger partial charge on any atom is -0.493 e. The lowest BCUT2D eigenvalue weighted by molar-refractivity contribution is -0.116. The summed E-state index contributed by atoms with van der Waals surface area (Å²) in [7, 11) is 1.51. The fourth-order valence-electron chi connectivity index (χ4n) is 3.26. The van der Waals surface area contributed by atoms with Crippen LogP contribution in [0.15, 0.2) is 66.7 Å². The Labute approximate surface area is 199 Å². The first kappa shape index (κ1) is 24.3. The number of benzene rings is 3. The van der Waals surface area contributed by atoms with Crippen LogP contribution in [0.2, 0.25) is 0 Å². The lowest BCUT2D eigenvalue weighted by Gasteiger charge is -2.12. The third kappa shape index (κ3) is 6.84.